The van der Waals surface area contributed by atoms with Crippen LogP contribution in [0.15, 0.2) is 29.1 Å². The molecule has 0 fully saturated rings. The van der Waals surface area contributed by atoms with E-state index in [9.17, 15) is 4.79 Å². The first-order valence-corrected chi connectivity index (χ1v) is 6.11. The quantitative estimate of drug-likeness (QED) is 0.763. The lowest BCUT2D eigenvalue weighted by Crippen LogP contribution is -2.15. The third-order valence-corrected chi connectivity index (χ3v) is 3.06. The van der Waals surface area contributed by atoms with Crippen LogP contribution in [0.3, 0.4) is 0 Å². The first-order valence-electron chi connectivity index (χ1n) is 5.17. The zero-order chi connectivity index (χ0) is 11.7. The lowest BCUT2D eigenvalue weighted by Gasteiger charge is -2.18. The van der Waals surface area contributed by atoms with E-state index < -0.39 is 0 Å². The molecule has 0 unspecified atom stereocenters. The SMILES string of the molecule is O=C(c1ccc2c(c1)OCCO2)c1cscn1. The fourth-order valence-corrected chi connectivity index (χ4v) is 2.19. The molecule has 2 aromatic rings. The molecule has 1 aromatic heterocycles. The lowest BCUT2D eigenvalue weighted by molar-refractivity contribution is 0.103. The van der Waals surface area contributed by atoms with Gasteiger partial charge in [0.2, 0.25) is 5.78 Å². The molecule has 0 spiro atoms. The molecular weight excluding hydrogens is 238 g/mol. The number of benzene rings is 1. The average Bonchev–Trinajstić information content (AvgIpc) is 2.91. The highest BCUT2D eigenvalue weighted by Crippen LogP contribution is 2.31. The summed E-state index contributed by atoms with van der Waals surface area (Å²) in [6.45, 7) is 1.06. The number of ether oxygens (including phenoxy) is 2. The van der Waals surface area contributed by atoms with E-state index in [4.69, 9.17) is 9.47 Å². The third-order valence-electron chi connectivity index (χ3n) is 2.47. The van der Waals surface area contributed by atoms with Gasteiger partial charge in [0.15, 0.2) is 11.5 Å². The summed E-state index contributed by atoms with van der Waals surface area (Å²) in [5, 5.41) is 1.74. The number of carbonyl (C=O) groups excluding carboxylic acids is 1. The van der Waals surface area contributed by atoms with E-state index in [1.807, 2.05) is 0 Å². The summed E-state index contributed by atoms with van der Waals surface area (Å²) in [7, 11) is 0. The number of ketones is 1. The Morgan fingerprint density at radius 2 is 2.06 bits per heavy atom. The van der Waals surface area contributed by atoms with Crippen LogP contribution >= 0.6 is 11.3 Å². The van der Waals surface area contributed by atoms with Crippen molar-refractivity contribution in [2.45, 2.75) is 0 Å². The fraction of sp³-hybridized carbons (Fsp3) is 0.167. The Balaban J connectivity index is 1.96. The van der Waals surface area contributed by atoms with Gasteiger partial charge in [-0.05, 0) is 18.2 Å². The van der Waals surface area contributed by atoms with Gasteiger partial charge in [0.05, 0.1) is 5.51 Å². The molecule has 0 atom stereocenters. The van der Waals surface area contributed by atoms with Crippen molar-refractivity contribution in [1.29, 1.82) is 0 Å². The second-order valence-corrected chi connectivity index (χ2v) is 4.28. The van der Waals surface area contributed by atoms with E-state index >= 15 is 0 Å². The van der Waals surface area contributed by atoms with Gasteiger partial charge in [-0.1, -0.05) is 0 Å². The molecular formula is C12H9NO3S. The van der Waals surface area contributed by atoms with Crippen molar-refractivity contribution in [2.24, 2.45) is 0 Å². The van der Waals surface area contributed by atoms with Crippen molar-refractivity contribution in [2.75, 3.05) is 13.2 Å². The van der Waals surface area contributed by atoms with E-state index in [1.54, 1.807) is 29.1 Å². The van der Waals surface area contributed by atoms with Crippen molar-refractivity contribution in [1.82, 2.24) is 4.98 Å². The van der Waals surface area contributed by atoms with Crippen molar-refractivity contribution in [3.05, 3.63) is 40.3 Å². The van der Waals surface area contributed by atoms with Crippen LogP contribution < -0.4 is 9.47 Å². The summed E-state index contributed by atoms with van der Waals surface area (Å²) in [6.07, 6.45) is 0. The van der Waals surface area contributed by atoms with Crippen molar-refractivity contribution in [3.63, 3.8) is 0 Å². The molecule has 0 amide bonds. The summed E-state index contributed by atoms with van der Waals surface area (Å²) in [5.41, 5.74) is 2.68. The Labute approximate surface area is 102 Å². The molecule has 3 rings (SSSR count). The smallest absolute Gasteiger partial charge is 0.212 e. The maximum absolute atomic E-state index is 12.0. The molecule has 0 N–H and O–H groups in total. The highest BCUT2D eigenvalue weighted by atomic mass is 32.1. The van der Waals surface area contributed by atoms with Gasteiger partial charge in [-0.3, -0.25) is 4.79 Å². The summed E-state index contributed by atoms with van der Waals surface area (Å²) >= 11 is 1.40. The number of hydrogen-bond donors (Lipinski definition) is 0. The summed E-state index contributed by atoms with van der Waals surface area (Å²) in [5.74, 6) is 1.21. The summed E-state index contributed by atoms with van der Waals surface area (Å²) in [4.78, 5) is 16.0. The molecule has 0 saturated carbocycles. The molecule has 0 bridgehead atoms. The number of fused-ring (bicyclic) bond motifs is 1. The van der Waals surface area contributed by atoms with Crippen molar-refractivity contribution < 1.29 is 14.3 Å². The molecule has 2 heterocycles. The van der Waals surface area contributed by atoms with Crippen LogP contribution in [0.4, 0.5) is 0 Å². The van der Waals surface area contributed by atoms with Gasteiger partial charge in [-0.2, -0.15) is 0 Å². The van der Waals surface area contributed by atoms with Crippen LogP contribution in [0.1, 0.15) is 16.1 Å². The van der Waals surface area contributed by atoms with Crippen LogP contribution in [-0.2, 0) is 0 Å². The minimum atomic E-state index is -0.0942. The highest BCUT2D eigenvalue weighted by Gasteiger charge is 2.16. The topological polar surface area (TPSA) is 48.4 Å². The number of thiazole rings is 1. The van der Waals surface area contributed by atoms with Crippen LogP contribution in [0.2, 0.25) is 0 Å². The minimum absolute atomic E-state index is 0.0942. The Morgan fingerprint density at radius 3 is 2.82 bits per heavy atom. The molecule has 86 valence electrons. The second-order valence-electron chi connectivity index (χ2n) is 3.56. The van der Waals surface area contributed by atoms with Gasteiger partial charge < -0.3 is 9.47 Å². The maximum Gasteiger partial charge on any atom is 0.212 e. The Bertz CT molecular complexity index is 551. The van der Waals surface area contributed by atoms with Crippen LogP contribution in [-0.4, -0.2) is 24.0 Å². The van der Waals surface area contributed by atoms with Gasteiger partial charge >= 0.3 is 0 Å². The molecule has 0 aliphatic carbocycles. The molecule has 5 heteroatoms. The van der Waals surface area contributed by atoms with Gasteiger partial charge in [-0.25, -0.2) is 4.98 Å². The first kappa shape index (κ1) is 10.3. The van der Waals surface area contributed by atoms with Crippen LogP contribution in [0, 0.1) is 0 Å². The largest absolute Gasteiger partial charge is 0.486 e. The van der Waals surface area contributed by atoms with E-state index in [-0.39, 0.29) is 5.78 Å². The second kappa shape index (κ2) is 4.18. The molecule has 0 radical (unpaired) electrons. The van der Waals surface area contributed by atoms with E-state index in [1.165, 1.54) is 11.3 Å². The van der Waals surface area contributed by atoms with Crippen LogP contribution in [0.25, 0.3) is 0 Å². The van der Waals surface area contributed by atoms with Gasteiger partial charge in [0.25, 0.3) is 0 Å². The minimum Gasteiger partial charge on any atom is -0.486 e. The van der Waals surface area contributed by atoms with Gasteiger partial charge in [0.1, 0.15) is 18.9 Å². The standard InChI is InChI=1S/C12H9NO3S/c14-12(9-6-17-7-13-9)8-1-2-10-11(5-8)16-4-3-15-10/h1-2,5-7H,3-4H2. The molecule has 1 aliphatic heterocycles. The van der Waals surface area contributed by atoms with Crippen molar-refractivity contribution in [3.8, 4) is 11.5 Å². The molecule has 0 saturated heterocycles. The monoisotopic (exact) mass is 247 g/mol. The van der Waals surface area contributed by atoms with E-state index in [0.717, 1.165) is 0 Å². The van der Waals surface area contributed by atoms with E-state index in [0.29, 0.717) is 36.0 Å². The van der Waals surface area contributed by atoms with Gasteiger partial charge in [-0.15, -0.1) is 11.3 Å². The van der Waals surface area contributed by atoms with Gasteiger partial charge in [0, 0.05) is 10.9 Å². The number of nitrogens with zero attached hydrogens (tertiary/aromatic N) is 1. The Kier molecular flexibility index (Phi) is 2.53. The summed E-state index contributed by atoms with van der Waals surface area (Å²) < 4.78 is 10.8. The molecule has 1 aromatic carbocycles. The molecule has 4 nitrogen and oxygen atoms in total. The van der Waals surface area contributed by atoms with Crippen LogP contribution in [0.5, 0.6) is 11.5 Å². The summed E-state index contributed by atoms with van der Waals surface area (Å²) in [6, 6.07) is 5.19. The highest BCUT2D eigenvalue weighted by molar-refractivity contribution is 7.07. The number of hydrogen-bond acceptors (Lipinski definition) is 5. The number of carbonyl (C=O) groups is 1. The number of aromatic nitrogens is 1. The predicted molar refractivity (Wildman–Crippen MR) is 63.0 cm³/mol. The zero-order valence-corrected chi connectivity index (χ0v) is 9.70. The Hall–Kier alpha value is -1.88. The normalized spacial score (nSPS) is 13.4. The lowest BCUT2D eigenvalue weighted by atomic mass is 10.1. The average molecular weight is 247 g/mol. The third kappa shape index (κ3) is 1.89. The first-order chi connectivity index (χ1) is 8.34. The molecule has 1 aliphatic rings. The number of rotatable bonds is 2. The Morgan fingerprint density at radius 1 is 1.24 bits per heavy atom. The van der Waals surface area contributed by atoms with E-state index in [2.05, 4.69) is 4.98 Å². The molecule has 17 heavy (non-hydrogen) atoms. The maximum atomic E-state index is 12.0. The fourth-order valence-electron chi connectivity index (χ4n) is 1.66. The predicted octanol–water partition coefficient (Wildman–Crippen LogP) is 2.15. The van der Waals surface area contributed by atoms with Crippen molar-refractivity contribution >= 4 is 17.1 Å². The zero-order valence-electron chi connectivity index (χ0n) is 8.88.